The van der Waals surface area contributed by atoms with E-state index in [4.69, 9.17) is 10.00 Å². The maximum Gasteiger partial charge on any atom is 0.228 e. The highest BCUT2D eigenvalue weighted by molar-refractivity contribution is 7.19. The summed E-state index contributed by atoms with van der Waals surface area (Å²) in [6.07, 6.45) is 5.05. The third kappa shape index (κ3) is 4.09. The van der Waals surface area contributed by atoms with Gasteiger partial charge in [-0.05, 0) is 38.8 Å². The zero-order valence-electron chi connectivity index (χ0n) is 14.2. The van der Waals surface area contributed by atoms with Crippen molar-refractivity contribution in [1.29, 1.82) is 5.26 Å². The van der Waals surface area contributed by atoms with Gasteiger partial charge < -0.3 is 15.4 Å². The predicted molar refractivity (Wildman–Crippen MR) is 97.2 cm³/mol. The number of benzene rings is 1. The SMILES string of the molecule is CC(C)Oc1ccccc1-c1ncc(NC(=O)C2CC(NC#N)C2)s1. The predicted octanol–water partition coefficient (Wildman–Crippen LogP) is 3.39. The standard InChI is InChI=1S/C18H20N4O2S/c1-11(2)24-15-6-4-3-5-14(15)18-20-9-16(25-18)22-17(23)12-7-13(8-12)21-10-19/h3-6,9,11-13,21H,7-8H2,1-2H3,(H,22,23). The van der Waals surface area contributed by atoms with Crippen molar-refractivity contribution in [2.24, 2.45) is 5.92 Å². The second-order valence-corrected chi connectivity index (χ2v) is 7.33. The Kier molecular flexibility index (Phi) is 5.19. The summed E-state index contributed by atoms with van der Waals surface area (Å²) in [5.41, 5.74) is 0.920. The van der Waals surface area contributed by atoms with Crippen LogP contribution in [0.1, 0.15) is 26.7 Å². The summed E-state index contributed by atoms with van der Waals surface area (Å²) < 4.78 is 5.84. The lowest BCUT2D eigenvalue weighted by Crippen LogP contribution is -2.44. The Bertz CT molecular complexity index is 790. The Morgan fingerprint density at radius 1 is 1.40 bits per heavy atom. The summed E-state index contributed by atoms with van der Waals surface area (Å²) in [6, 6.07) is 7.88. The van der Waals surface area contributed by atoms with Crippen LogP contribution in [-0.4, -0.2) is 23.0 Å². The average Bonchev–Trinajstić information content (AvgIpc) is 2.98. The lowest BCUT2D eigenvalue weighted by atomic mass is 9.80. The molecule has 7 heteroatoms. The first-order chi connectivity index (χ1) is 12.1. The maximum atomic E-state index is 12.2. The lowest BCUT2D eigenvalue weighted by molar-refractivity contribution is -0.122. The molecule has 1 aliphatic rings. The molecule has 2 aromatic rings. The topological polar surface area (TPSA) is 87.0 Å². The van der Waals surface area contributed by atoms with Gasteiger partial charge in [0, 0.05) is 12.0 Å². The van der Waals surface area contributed by atoms with E-state index in [2.05, 4.69) is 15.6 Å². The van der Waals surface area contributed by atoms with Gasteiger partial charge in [0.25, 0.3) is 0 Å². The number of para-hydroxylation sites is 1. The molecule has 1 saturated carbocycles. The first-order valence-corrected chi connectivity index (χ1v) is 9.06. The van der Waals surface area contributed by atoms with Crippen molar-refractivity contribution in [3.05, 3.63) is 30.5 Å². The van der Waals surface area contributed by atoms with E-state index in [9.17, 15) is 4.79 Å². The second kappa shape index (κ2) is 7.53. The highest BCUT2D eigenvalue weighted by Crippen LogP contribution is 2.36. The highest BCUT2D eigenvalue weighted by Gasteiger charge is 2.34. The Labute approximate surface area is 150 Å². The van der Waals surface area contributed by atoms with E-state index >= 15 is 0 Å². The minimum Gasteiger partial charge on any atom is -0.490 e. The molecule has 1 amide bonds. The monoisotopic (exact) mass is 356 g/mol. The molecule has 0 spiro atoms. The summed E-state index contributed by atoms with van der Waals surface area (Å²) in [6.45, 7) is 3.97. The molecule has 1 aromatic carbocycles. The summed E-state index contributed by atoms with van der Waals surface area (Å²) in [4.78, 5) is 16.7. The van der Waals surface area contributed by atoms with Crippen LogP contribution in [0.15, 0.2) is 30.5 Å². The summed E-state index contributed by atoms with van der Waals surface area (Å²) in [5.74, 6) is 0.722. The van der Waals surface area contributed by atoms with Gasteiger partial charge in [-0.2, -0.15) is 5.26 Å². The molecule has 0 bridgehead atoms. The van der Waals surface area contributed by atoms with Crippen LogP contribution in [-0.2, 0) is 4.79 Å². The van der Waals surface area contributed by atoms with Crippen molar-refractivity contribution in [3.63, 3.8) is 0 Å². The number of hydrogen-bond acceptors (Lipinski definition) is 6. The first-order valence-electron chi connectivity index (χ1n) is 8.24. The Morgan fingerprint density at radius 3 is 2.88 bits per heavy atom. The molecule has 1 aliphatic carbocycles. The number of rotatable bonds is 6. The molecule has 0 aliphatic heterocycles. The molecular formula is C18H20N4O2S. The molecule has 1 heterocycles. The third-order valence-electron chi connectivity index (χ3n) is 4.01. The number of nitrogens with zero attached hydrogens (tertiary/aromatic N) is 2. The molecule has 6 nitrogen and oxygen atoms in total. The molecule has 0 atom stereocenters. The van der Waals surface area contributed by atoms with Gasteiger partial charge in [0.05, 0.1) is 17.9 Å². The van der Waals surface area contributed by atoms with E-state index in [0.29, 0.717) is 12.8 Å². The fourth-order valence-electron chi connectivity index (χ4n) is 2.72. The number of amides is 1. The molecule has 2 N–H and O–H groups in total. The average molecular weight is 356 g/mol. The van der Waals surface area contributed by atoms with Gasteiger partial charge in [0.1, 0.15) is 15.8 Å². The minimum absolute atomic E-state index is 0.0158. The Balaban J connectivity index is 1.66. The molecule has 1 aromatic heterocycles. The van der Waals surface area contributed by atoms with E-state index < -0.39 is 0 Å². The number of thiazole rings is 1. The number of anilines is 1. The van der Waals surface area contributed by atoms with Crippen LogP contribution in [0, 0.1) is 17.4 Å². The van der Waals surface area contributed by atoms with Crippen LogP contribution >= 0.6 is 11.3 Å². The quantitative estimate of drug-likeness (QED) is 0.612. The van der Waals surface area contributed by atoms with E-state index in [-0.39, 0.29) is 24.0 Å². The molecule has 0 radical (unpaired) electrons. The highest BCUT2D eigenvalue weighted by atomic mass is 32.1. The zero-order valence-corrected chi connectivity index (χ0v) is 15.0. The van der Waals surface area contributed by atoms with Gasteiger partial charge in [-0.15, -0.1) is 0 Å². The van der Waals surface area contributed by atoms with Crippen molar-refractivity contribution < 1.29 is 9.53 Å². The van der Waals surface area contributed by atoms with Crippen LogP contribution in [0.25, 0.3) is 10.6 Å². The number of carbonyl (C=O) groups excluding carboxylic acids is 1. The number of ether oxygens (including phenoxy) is 1. The van der Waals surface area contributed by atoms with Crippen LogP contribution in [0.3, 0.4) is 0 Å². The van der Waals surface area contributed by atoms with Crippen molar-refractivity contribution in [2.45, 2.75) is 38.8 Å². The lowest BCUT2D eigenvalue weighted by Gasteiger charge is -2.32. The number of nitrogens with one attached hydrogen (secondary N) is 2. The normalized spacial score (nSPS) is 19.0. The minimum atomic E-state index is -0.0482. The first kappa shape index (κ1) is 17.2. The smallest absolute Gasteiger partial charge is 0.228 e. The van der Waals surface area contributed by atoms with Crippen molar-refractivity contribution in [1.82, 2.24) is 10.3 Å². The number of hydrogen-bond donors (Lipinski definition) is 2. The van der Waals surface area contributed by atoms with Crippen molar-refractivity contribution in [2.75, 3.05) is 5.32 Å². The van der Waals surface area contributed by atoms with E-state index in [1.165, 1.54) is 11.3 Å². The van der Waals surface area contributed by atoms with Crippen molar-refractivity contribution >= 4 is 22.2 Å². The molecular weight excluding hydrogens is 336 g/mol. The summed E-state index contributed by atoms with van der Waals surface area (Å²) in [7, 11) is 0. The van der Waals surface area contributed by atoms with Gasteiger partial charge in [0.15, 0.2) is 6.19 Å². The number of nitriles is 1. The van der Waals surface area contributed by atoms with Gasteiger partial charge in [0.2, 0.25) is 5.91 Å². The molecule has 130 valence electrons. The number of carbonyl (C=O) groups is 1. The second-order valence-electron chi connectivity index (χ2n) is 6.30. The van der Waals surface area contributed by atoms with Crippen molar-refractivity contribution in [3.8, 4) is 22.5 Å². The molecule has 0 unspecified atom stereocenters. The van der Waals surface area contributed by atoms with Gasteiger partial charge in [-0.3, -0.25) is 4.79 Å². The largest absolute Gasteiger partial charge is 0.490 e. The van der Waals surface area contributed by atoms with Crippen LogP contribution < -0.4 is 15.4 Å². The molecule has 25 heavy (non-hydrogen) atoms. The summed E-state index contributed by atoms with van der Waals surface area (Å²) in [5, 5.41) is 15.7. The molecule has 3 rings (SSSR count). The fraction of sp³-hybridized carbons (Fsp3) is 0.389. The summed E-state index contributed by atoms with van der Waals surface area (Å²) >= 11 is 1.43. The van der Waals surface area contributed by atoms with Gasteiger partial charge >= 0.3 is 0 Å². The van der Waals surface area contributed by atoms with E-state index in [1.54, 1.807) is 6.20 Å². The zero-order chi connectivity index (χ0) is 17.8. The van der Waals surface area contributed by atoms with E-state index in [0.717, 1.165) is 21.3 Å². The molecule has 0 saturated heterocycles. The maximum absolute atomic E-state index is 12.2. The van der Waals surface area contributed by atoms with Crippen LogP contribution in [0.4, 0.5) is 5.00 Å². The third-order valence-corrected chi connectivity index (χ3v) is 4.96. The van der Waals surface area contributed by atoms with Gasteiger partial charge in [-0.1, -0.05) is 23.5 Å². The Hall–Kier alpha value is -2.59. The van der Waals surface area contributed by atoms with Crippen LogP contribution in [0.2, 0.25) is 0 Å². The molecule has 1 fully saturated rings. The van der Waals surface area contributed by atoms with Crippen LogP contribution in [0.5, 0.6) is 5.75 Å². The van der Waals surface area contributed by atoms with E-state index in [1.807, 2.05) is 44.3 Å². The Morgan fingerprint density at radius 2 is 2.16 bits per heavy atom. The number of aromatic nitrogens is 1. The van der Waals surface area contributed by atoms with Gasteiger partial charge in [-0.25, -0.2) is 4.98 Å². The fourth-order valence-corrected chi connectivity index (χ4v) is 3.57.